The lowest BCUT2D eigenvalue weighted by molar-refractivity contribution is -0.162. The molecule has 16 heavy (non-hydrogen) atoms. The summed E-state index contributed by atoms with van der Waals surface area (Å²) in [6.45, 7) is 9.34. The summed E-state index contributed by atoms with van der Waals surface area (Å²) in [4.78, 5) is 23.1. The van der Waals surface area contributed by atoms with Crippen molar-refractivity contribution in [3.8, 4) is 0 Å². The first kappa shape index (κ1) is 15.1. The van der Waals surface area contributed by atoms with Crippen molar-refractivity contribution < 1.29 is 19.1 Å². The normalized spacial score (nSPS) is 13.3. The maximum Gasteiger partial charge on any atom is 0.316 e. The first-order chi connectivity index (χ1) is 7.28. The van der Waals surface area contributed by atoms with E-state index in [0.717, 1.165) is 6.42 Å². The van der Waals surface area contributed by atoms with Gasteiger partial charge >= 0.3 is 5.97 Å². The number of rotatable bonds is 6. The van der Waals surface area contributed by atoms with Gasteiger partial charge in [-0.2, -0.15) is 0 Å². The number of carbonyl (C=O) groups excluding carboxylic acids is 2. The van der Waals surface area contributed by atoms with Crippen molar-refractivity contribution in [2.75, 3.05) is 13.2 Å². The van der Waals surface area contributed by atoms with E-state index in [0.29, 0.717) is 6.61 Å². The van der Waals surface area contributed by atoms with Crippen LogP contribution in [-0.4, -0.2) is 30.6 Å². The van der Waals surface area contributed by atoms with Gasteiger partial charge in [-0.25, -0.2) is 0 Å². The number of hydrogen-bond donors (Lipinski definition) is 0. The number of ketones is 1. The van der Waals surface area contributed by atoms with Crippen LogP contribution < -0.4 is 0 Å². The Hall–Kier alpha value is -0.900. The summed E-state index contributed by atoms with van der Waals surface area (Å²) in [6.07, 6.45) is 0.855. The molecule has 0 aliphatic carbocycles. The van der Waals surface area contributed by atoms with Gasteiger partial charge in [0.25, 0.3) is 0 Å². The quantitative estimate of drug-likeness (QED) is 0.397. The van der Waals surface area contributed by atoms with E-state index < -0.39 is 17.5 Å². The van der Waals surface area contributed by atoms with Gasteiger partial charge in [-0.3, -0.25) is 9.59 Å². The second-order valence-corrected chi connectivity index (χ2v) is 4.77. The first-order valence-electron chi connectivity index (χ1n) is 5.61. The fourth-order valence-electron chi connectivity index (χ4n) is 0.964. The Morgan fingerprint density at radius 3 is 2.25 bits per heavy atom. The zero-order chi connectivity index (χ0) is 12.8. The summed E-state index contributed by atoms with van der Waals surface area (Å²) in [5.41, 5.74) is -0.560. The SMILES string of the molecule is CCCOCC(=O)C(C)C(=O)OC(C)(C)C. The molecule has 0 bridgehead atoms. The van der Waals surface area contributed by atoms with Crippen LogP contribution in [0.4, 0.5) is 0 Å². The van der Waals surface area contributed by atoms with Crippen LogP contribution in [0.25, 0.3) is 0 Å². The Balaban J connectivity index is 4.07. The van der Waals surface area contributed by atoms with Crippen LogP contribution in [0.3, 0.4) is 0 Å². The van der Waals surface area contributed by atoms with Gasteiger partial charge in [0.2, 0.25) is 0 Å². The van der Waals surface area contributed by atoms with Gasteiger partial charge in [0, 0.05) is 6.61 Å². The molecule has 4 nitrogen and oxygen atoms in total. The Labute approximate surface area is 97.3 Å². The Morgan fingerprint density at radius 2 is 1.81 bits per heavy atom. The lowest BCUT2D eigenvalue weighted by atomic mass is 10.1. The standard InChI is InChI=1S/C12H22O4/c1-6-7-15-8-10(13)9(2)11(14)16-12(3,4)5/h9H,6-8H2,1-5H3. The third-order valence-electron chi connectivity index (χ3n) is 1.84. The molecule has 0 heterocycles. The minimum absolute atomic E-state index is 0.0196. The Kier molecular flexibility index (Phi) is 6.26. The summed E-state index contributed by atoms with van der Waals surface area (Å²) < 4.78 is 10.2. The molecule has 0 aliphatic rings. The predicted octanol–water partition coefficient (Wildman–Crippen LogP) is 1.96. The van der Waals surface area contributed by atoms with Gasteiger partial charge < -0.3 is 9.47 Å². The van der Waals surface area contributed by atoms with Crippen molar-refractivity contribution in [3.05, 3.63) is 0 Å². The number of carbonyl (C=O) groups is 2. The summed E-state index contributed by atoms with van der Waals surface area (Å²) in [7, 11) is 0. The molecule has 0 rings (SSSR count). The van der Waals surface area contributed by atoms with Crippen LogP contribution in [0.15, 0.2) is 0 Å². The molecule has 0 aromatic rings. The van der Waals surface area contributed by atoms with Gasteiger partial charge in [0.1, 0.15) is 18.1 Å². The zero-order valence-electron chi connectivity index (χ0n) is 10.8. The number of ether oxygens (including phenoxy) is 2. The monoisotopic (exact) mass is 230 g/mol. The smallest absolute Gasteiger partial charge is 0.316 e. The fraction of sp³-hybridized carbons (Fsp3) is 0.833. The molecule has 94 valence electrons. The average Bonchev–Trinajstić information content (AvgIpc) is 2.14. The number of Topliss-reactive ketones (excluding diaryl/α,β-unsaturated/α-hetero) is 1. The van der Waals surface area contributed by atoms with Gasteiger partial charge in [0.15, 0.2) is 5.78 Å². The molecule has 0 fully saturated rings. The molecular weight excluding hydrogens is 208 g/mol. The van der Waals surface area contributed by atoms with Crippen LogP contribution in [0.5, 0.6) is 0 Å². The van der Waals surface area contributed by atoms with Gasteiger partial charge in [-0.05, 0) is 34.1 Å². The van der Waals surface area contributed by atoms with E-state index in [9.17, 15) is 9.59 Å². The third kappa shape index (κ3) is 6.56. The molecule has 0 saturated heterocycles. The molecule has 4 heteroatoms. The van der Waals surface area contributed by atoms with Crippen LogP contribution >= 0.6 is 0 Å². The van der Waals surface area contributed by atoms with E-state index in [4.69, 9.17) is 9.47 Å². The van der Waals surface area contributed by atoms with E-state index in [1.807, 2.05) is 6.92 Å². The topological polar surface area (TPSA) is 52.6 Å². The van der Waals surface area contributed by atoms with Crippen molar-refractivity contribution in [3.63, 3.8) is 0 Å². The highest BCUT2D eigenvalue weighted by atomic mass is 16.6. The van der Waals surface area contributed by atoms with Crippen LogP contribution in [-0.2, 0) is 19.1 Å². The summed E-state index contributed by atoms with van der Waals surface area (Å²) in [5, 5.41) is 0. The molecule has 1 atom stereocenters. The largest absolute Gasteiger partial charge is 0.459 e. The molecule has 0 aliphatic heterocycles. The van der Waals surface area contributed by atoms with Crippen LogP contribution in [0.2, 0.25) is 0 Å². The molecule has 0 amide bonds. The van der Waals surface area contributed by atoms with E-state index in [1.165, 1.54) is 0 Å². The van der Waals surface area contributed by atoms with Crippen molar-refractivity contribution >= 4 is 11.8 Å². The number of esters is 1. The predicted molar refractivity (Wildman–Crippen MR) is 61.1 cm³/mol. The minimum atomic E-state index is -0.754. The maximum absolute atomic E-state index is 11.5. The van der Waals surface area contributed by atoms with Crippen molar-refractivity contribution in [2.24, 2.45) is 5.92 Å². The summed E-state index contributed by atoms with van der Waals surface area (Å²) in [6, 6.07) is 0. The second-order valence-electron chi connectivity index (χ2n) is 4.77. The van der Waals surface area contributed by atoms with E-state index in [1.54, 1.807) is 27.7 Å². The van der Waals surface area contributed by atoms with Gasteiger partial charge in [-0.1, -0.05) is 6.92 Å². The third-order valence-corrected chi connectivity index (χ3v) is 1.84. The van der Waals surface area contributed by atoms with E-state index in [-0.39, 0.29) is 12.4 Å². The zero-order valence-corrected chi connectivity index (χ0v) is 10.8. The molecule has 0 aromatic heterocycles. The highest BCUT2D eigenvalue weighted by Crippen LogP contribution is 2.11. The van der Waals surface area contributed by atoms with E-state index >= 15 is 0 Å². The average molecular weight is 230 g/mol. The Morgan fingerprint density at radius 1 is 1.25 bits per heavy atom. The highest BCUT2D eigenvalue weighted by molar-refractivity contribution is 5.99. The summed E-state index contributed by atoms with van der Waals surface area (Å²) in [5.74, 6) is -1.48. The maximum atomic E-state index is 11.5. The van der Waals surface area contributed by atoms with E-state index in [2.05, 4.69) is 0 Å². The molecule has 0 spiro atoms. The van der Waals surface area contributed by atoms with Crippen LogP contribution in [0.1, 0.15) is 41.0 Å². The minimum Gasteiger partial charge on any atom is -0.459 e. The van der Waals surface area contributed by atoms with Crippen molar-refractivity contribution in [1.82, 2.24) is 0 Å². The molecule has 0 saturated carbocycles. The molecular formula is C12H22O4. The van der Waals surface area contributed by atoms with Gasteiger partial charge in [0.05, 0.1) is 0 Å². The highest BCUT2D eigenvalue weighted by Gasteiger charge is 2.26. The fourth-order valence-corrected chi connectivity index (χ4v) is 0.964. The Bertz CT molecular complexity index is 240. The van der Waals surface area contributed by atoms with Crippen molar-refractivity contribution in [2.45, 2.75) is 46.6 Å². The van der Waals surface area contributed by atoms with Crippen molar-refractivity contribution in [1.29, 1.82) is 0 Å². The number of hydrogen-bond acceptors (Lipinski definition) is 4. The van der Waals surface area contributed by atoms with Gasteiger partial charge in [-0.15, -0.1) is 0 Å². The molecule has 0 radical (unpaired) electrons. The van der Waals surface area contributed by atoms with Crippen LogP contribution in [0, 0.1) is 5.92 Å². The molecule has 0 N–H and O–H groups in total. The first-order valence-corrected chi connectivity index (χ1v) is 5.61. The second kappa shape index (κ2) is 6.63. The lowest BCUT2D eigenvalue weighted by Gasteiger charge is -2.21. The molecule has 1 unspecified atom stereocenters. The lowest BCUT2D eigenvalue weighted by Crippen LogP contribution is -2.32. The molecule has 0 aromatic carbocycles. The summed E-state index contributed by atoms with van der Waals surface area (Å²) >= 11 is 0.